The van der Waals surface area contributed by atoms with Gasteiger partial charge in [0.25, 0.3) is 0 Å². The molecule has 84 valence electrons. The van der Waals surface area contributed by atoms with Crippen LogP contribution in [0.5, 0.6) is 5.75 Å². The molecule has 0 saturated carbocycles. The summed E-state index contributed by atoms with van der Waals surface area (Å²) in [7, 11) is 0. The van der Waals surface area contributed by atoms with Crippen LogP contribution in [0.4, 0.5) is 17.6 Å². The van der Waals surface area contributed by atoms with E-state index in [1.165, 1.54) is 6.07 Å². The van der Waals surface area contributed by atoms with E-state index in [9.17, 15) is 17.6 Å². The molecule has 0 amide bonds. The molecule has 15 heavy (non-hydrogen) atoms. The minimum Gasteiger partial charge on any atom is -0.403 e. The second-order valence-electron chi connectivity index (χ2n) is 2.85. The first kappa shape index (κ1) is 11.8. The molecule has 0 aromatic heterocycles. The molecule has 1 aromatic rings. The zero-order valence-electron chi connectivity index (χ0n) is 7.64. The fourth-order valence-corrected chi connectivity index (χ4v) is 1.07. The standard InChI is InChI=1S/C9H9F4NO/c10-7-5-6(3-4-14)1-2-8(7)15-9(11,12)13/h1-2,5H,3-4,14H2. The lowest BCUT2D eigenvalue weighted by molar-refractivity contribution is -0.275. The van der Waals surface area contributed by atoms with Gasteiger partial charge in [-0.15, -0.1) is 13.2 Å². The summed E-state index contributed by atoms with van der Waals surface area (Å²) in [6.07, 6.45) is -4.47. The van der Waals surface area contributed by atoms with E-state index >= 15 is 0 Å². The van der Waals surface area contributed by atoms with E-state index in [2.05, 4.69) is 4.74 Å². The van der Waals surface area contributed by atoms with Crippen LogP contribution in [0, 0.1) is 5.82 Å². The molecule has 6 heteroatoms. The Hall–Kier alpha value is -1.30. The van der Waals surface area contributed by atoms with Crippen molar-refractivity contribution in [1.82, 2.24) is 0 Å². The largest absolute Gasteiger partial charge is 0.573 e. The van der Waals surface area contributed by atoms with Gasteiger partial charge in [-0.2, -0.15) is 0 Å². The van der Waals surface area contributed by atoms with E-state index in [0.717, 1.165) is 12.1 Å². The molecule has 0 radical (unpaired) electrons. The number of nitrogens with two attached hydrogens (primary N) is 1. The highest BCUT2D eigenvalue weighted by molar-refractivity contribution is 5.29. The average molecular weight is 223 g/mol. The predicted octanol–water partition coefficient (Wildman–Crippen LogP) is 2.23. The highest BCUT2D eigenvalue weighted by atomic mass is 19.4. The van der Waals surface area contributed by atoms with Crippen molar-refractivity contribution >= 4 is 0 Å². The van der Waals surface area contributed by atoms with Gasteiger partial charge in [-0.3, -0.25) is 0 Å². The Morgan fingerprint density at radius 2 is 1.93 bits per heavy atom. The second-order valence-corrected chi connectivity index (χ2v) is 2.85. The van der Waals surface area contributed by atoms with Crippen molar-refractivity contribution in [2.45, 2.75) is 12.8 Å². The van der Waals surface area contributed by atoms with E-state index in [4.69, 9.17) is 5.73 Å². The third-order valence-corrected chi connectivity index (χ3v) is 1.65. The molecule has 1 rings (SSSR count). The van der Waals surface area contributed by atoms with Gasteiger partial charge in [-0.05, 0) is 30.7 Å². The molecule has 1 aromatic carbocycles. The Labute approximate surface area is 83.6 Å². The number of hydrogen-bond acceptors (Lipinski definition) is 2. The first-order valence-electron chi connectivity index (χ1n) is 4.16. The van der Waals surface area contributed by atoms with Crippen LogP contribution in [-0.2, 0) is 6.42 Å². The lowest BCUT2D eigenvalue weighted by Gasteiger charge is -2.10. The van der Waals surface area contributed by atoms with Crippen LogP contribution in [0.2, 0.25) is 0 Å². The molecule has 0 unspecified atom stereocenters. The molecule has 0 atom stereocenters. The van der Waals surface area contributed by atoms with Crippen molar-refractivity contribution in [2.75, 3.05) is 6.54 Å². The third-order valence-electron chi connectivity index (χ3n) is 1.65. The summed E-state index contributed by atoms with van der Waals surface area (Å²) in [6.45, 7) is 0.304. The number of benzene rings is 1. The van der Waals surface area contributed by atoms with Crippen LogP contribution in [0.3, 0.4) is 0 Å². The summed E-state index contributed by atoms with van der Waals surface area (Å²) in [5.74, 6) is -1.87. The van der Waals surface area contributed by atoms with Gasteiger partial charge in [-0.1, -0.05) is 6.07 Å². The van der Waals surface area contributed by atoms with Crippen molar-refractivity contribution in [3.63, 3.8) is 0 Å². The number of rotatable bonds is 3. The van der Waals surface area contributed by atoms with Gasteiger partial charge in [0.15, 0.2) is 11.6 Å². The number of ether oxygens (including phenoxy) is 1. The van der Waals surface area contributed by atoms with Gasteiger partial charge in [-0.25, -0.2) is 4.39 Å². The summed E-state index contributed by atoms with van der Waals surface area (Å²) in [6, 6.07) is 3.26. The highest BCUT2D eigenvalue weighted by Crippen LogP contribution is 2.25. The van der Waals surface area contributed by atoms with E-state index in [1.807, 2.05) is 0 Å². The molecule has 0 aliphatic heterocycles. The first-order chi connectivity index (χ1) is 6.92. The van der Waals surface area contributed by atoms with Crippen LogP contribution in [0.15, 0.2) is 18.2 Å². The molecule has 0 heterocycles. The Morgan fingerprint density at radius 1 is 1.27 bits per heavy atom. The number of alkyl halides is 3. The predicted molar refractivity (Wildman–Crippen MR) is 45.8 cm³/mol. The molecular weight excluding hydrogens is 214 g/mol. The highest BCUT2D eigenvalue weighted by Gasteiger charge is 2.32. The third kappa shape index (κ3) is 3.75. The monoisotopic (exact) mass is 223 g/mol. The second kappa shape index (κ2) is 4.48. The van der Waals surface area contributed by atoms with Gasteiger partial charge in [0.2, 0.25) is 0 Å². The van der Waals surface area contributed by atoms with Crippen LogP contribution in [-0.4, -0.2) is 12.9 Å². The fourth-order valence-electron chi connectivity index (χ4n) is 1.07. The van der Waals surface area contributed by atoms with Crippen LogP contribution in [0.1, 0.15) is 5.56 Å². The fraction of sp³-hybridized carbons (Fsp3) is 0.333. The Balaban J connectivity index is 2.84. The van der Waals surface area contributed by atoms with Crippen molar-refractivity contribution in [3.05, 3.63) is 29.6 Å². The zero-order valence-corrected chi connectivity index (χ0v) is 7.64. The normalized spacial score (nSPS) is 11.5. The molecule has 0 spiro atoms. The molecule has 0 saturated heterocycles. The zero-order chi connectivity index (χ0) is 11.5. The van der Waals surface area contributed by atoms with Crippen LogP contribution < -0.4 is 10.5 Å². The minimum atomic E-state index is -4.88. The minimum absolute atomic E-state index is 0.304. The molecule has 0 aliphatic carbocycles. The summed E-state index contributed by atoms with van der Waals surface area (Å²) < 4.78 is 51.8. The van der Waals surface area contributed by atoms with Crippen molar-refractivity contribution in [2.24, 2.45) is 5.73 Å². The van der Waals surface area contributed by atoms with Gasteiger partial charge in [0, 0.05) is 0 Å². The average Bonchev–Trinajstić information content (AvgIpc) is 2.08. The molecule has 0 bridgehead atoms. The van der Waals surface area contributed by atoms with Crippen LogP contribution >= 0.6 is 0 Å². The number of hydrogen-bond donors (Lipinski definition) is 1. The summed E-state index contributed by atoms with van der Waals surface area (Å²) in [4.78, 5) is 0. The molecule has 0 fully saturated rings. The van der Waals surface area contributed by atoms with Gasteiger partial charge < -0.3 is 10.5 Å². The SMILES string of the molecule is NCCc1ccc(OC(F)(F)F)c(F)c1. The lowest BCUT2D eigenvalue weighted by Crippen LogP contribution is -2.18. The van der Waals surface area contributed by atoms with Crippen molar-refractivity contribution in [1.29, 1.82) is 0 Å². The van der Waals surface area contributed by atoms with Gasteiger partial charge >= 0.3 is 6.36 Å². The van der Waals surface area contributed by atoms with E-state index < -0.39 is 17.9 Å². The topological polar surface area (TPSA) is 35.2 Å². The first-order valence-corrected chi connectivity index (χ1v) is 4.16. The molecule has 2 nitrogen and oxygen atoms in total. The maximum absolute atomic E-state index is 13.0. The maximum Gasteiger partial charge on any atom is 0.573 e. The van der Waals surface area contributed by atoms with Gasteiger partial charge in [0.05, 0.1) is 0 Å². The van der Waals surface area contributed by atoms with Crippen LogP contribution in [0.25, 0.3) is 0 Å². The van der Waals surface area contributed by atoms with Crippen molar-refractivity contribution < 1.29 is 22.3 Å². The van der Waals surface area contributed by atoms with Gasteiger partial charge in [0.1, 0.15) is 0 Å². The molecule has 2 N–H and O–H groups in total. The summed E-state index contributed by atoms with van der Waals surface area (Å²) in [5.41, 5.74) is 5.75. The lowest BCUT2D eigenvalue weighted by atomic mass is 10.1. The van der Waals surface area contributed by atoms with Crippen molar-refractivity contribution in [3.8, 4) is 5.75 Å². The Bertz CT molecular complexity index is 337. The van der Waals surface area contributed by atoms with E-state index in [-0.39, 0.29) is 0 Å². The summed E-state index contributed by atoms with van der Waals surface area (Å²) in [5, 5.41) is 0. The Morgan fingerprint density at radius 3 is 2.40 bits per heavy atom. The quantitative estimate of drug-likeness (QED) is 0.797. The molecular formula is C9H9F4NO. The smallest absolute Gasteiger partial charge is 0.403 e. The maximum atomic E-state index is 13.0. The Kier molecular flexibility index (Phi) is 3.52. The van der Waals surface area contributed by atoms with E-state index in [1.54, 1.807) is 0 Å². The molecule has 0 aliphatic rings. The summed E-state index contributed by atoms with van der Waals surface area (Å²) >= 11 is 0. The number of halogens is 4. The van der Waals surface area contributed by atoms with E-state index in [0.29, 0.717) is 18.5 Å².